The molecule has 0 aromatic heterocycles. The molecule has 0 aromatic rings. The first-order valence-corrected chi connectivity index (χ1v) is 7.14. The number of hydrogen-bond donors (Lipinski definition) is 3. The topological polar surface area (TPSA) is 95.5 Å². The third kappa shape index (κ3) is 6.14. The lowest BCUT2D eigenvalue weighted by molar-refractivity contribution is -0.153. The fourth-order valence-corrected chi connectivity index (χ4v) is 1.70. The van der Waals surface area contributed by atoms with Crippen LogP contribution < -0.4 is 10.6 Å². The summed E-state index contributed by atoms with van der Waals surface area (Å²) < 4.78 is 0. The smallest absolute Gasteiger partial charge is 0.310 e. The molecule has 0 aliphatic carbocycles. The normalized spacial score (nSPS) is 16.0. The molecule has 0 aliphatic heterocycles. The minimum absolute atomic E-state index is 0.160. The van der Waals surface area contributed by atoms with E-state index in [0.29, 0.717) is 0 Å². The molecule has 0 saturated carbocycles. The van der Waals surface area contributed by atoms with Gasteiger partial charge in [0.15, 0.2) is 0 Å². The van der Waals surface area contributed by atoms with Crippen LogP contribution in [0.25, 0.3) is 0 Å². The van der Waals surface area contributed by atoms with Crippen molar-refractivity contribution in [3.8, 4) is 0 Å². The Labute approximate surface area is 126 Å². The van der Waals surface area contributed by atoms with Crippen molar-refractivity contribution >= 4 is 17.8 Å². The Hall–Kier alpha value is -1.59. The van der Waals surface area contributed by atoms with E-state index in [0.717, 1.165) is 0 Å². The summed E-state index contributed by atoms with van der Waals surface area (Å²) in [5.74, 6) is -1.94. The highest BCUT2D eigenvalue weighted by molar-refractivity contribution is 5.90. The van der Waals surface area contributed by atoms with Crippen molar-refractivity contribution < 1.29 is 19.5 Å². The van der Waals surface area contributed by atoms with E-state index >= 15 is 0 Å². The summed E-state index contributed by atoms with van der Waals surface area (Å²) in [7, 11) is 0. The summed E-state index contributed by atoms with van der Waals surface area (Å²) in [5.41, 5.74) is -1.53. The molecule has 2 atom stereocenters. The van der Waals surface area contributed by atoms with E-state index in [1.807, 2.05) is 20.8 Å². The van der Waals surface area contributed by atoms with E-state index in [2.05, 4.69) is 10.6 Å². The zero-order chi connectivity index (χ0) is 17.0. The molecule has 0 rings (SSSR count). The van der Waals surface area contributed by atoms with E-state index < -0.39 is 23.3 Å². The lowest BCUT2D eigenvalue weighted by Gasteiger charge is -2.29. The van der Waals surface area contributed by atoms with Crippen molar-refractivity contribution in [1.29, 1.82) is 0 Å². The molecule has 3 N–H and O–H groups in total. The molecule has 0 aliphatic rings. The second-order valence-corrected chi connectivity index (χ2v) is 7.08. The Morgan fingerprint density at radius 3 is 1.86 bits per heavy atom. The number of rotatable bonds is 6. The molecule has 122 valence electrons. The van der Waals surface area contributed by atoms with Crippen LogP contribution >= 0.6 is 0 Å². The molecule has 6 nitrogen and oxygen atoms in total. The van der Waals surface area contributed by atoms with Gasteiger partial charge in [0.05, 0.1) is 5.41 Å². The summed E-state index contributed by atoms with van der Waals surface area (Å²) >= 11 is 0. The summed E-state index contributed by atoms with van der Waals surface area (Å²) in [6.45, 7) is 12.2. The van der Waals surface area contributed by atoms with Gasteiger partial charge in [-0.2, -0.15) is 0 Å². The van der Waals surface area contributed by atoms with Crippen molar-refractivity contribution in [1.82, 2.24) is 10.6 Å². The summed E-state index contributed by atoms with van der Waals surface area (Å²) in [4.78, 5) is 35.2. The number of carboxylic acid groups (broad SMARTS) is 1. The van der Waals surface area contributed by atoms with Gasteiger partial charge in [-0.05, 0) is 40.5 Å². The van der Waals surface area contributed by atoms with Crippen LogP contribution in [0.5, 0.6) is 0 Å². The van der Waals surface area contributed by atoms with Crippen LogP contribution in [0.4, 0.5) is 0 Å². The summed E-state index contributed by atoms with van der Waals surface area (Å²) in [6.07, 6.45) is -0.160. The molecule has 0 bridgehead atoms. The molecule has 0 aromatic carbocycles. The first-order valence-electron chi connectivity index (χ1n) is 7.14. The Kier molecular flexibility index (Phi) is 6.39. The van der Waals surface area contributed by atoms with Crippen molar-refractivity contribution in [3.63, 3.8) is 0 Å². The lowest BCUT2D eigenvalue weighted by atomic mass is 9.76. The summed E-state index contributed by atoms with van der Waals surface area (Å²) in [5, 5.41) is 14.6. The van der Waals surface area contributed by atoms with Gasteiger partial charge in [0.2, 0.25) is 11.8 Å². The van der Waals surface area contributed by atoms with Crippen LogP contribution in [0.1, 0.15) is 54.9 Å². The fourth-order valence-electron chi connectivity index (χ4n) is 1.70. The van der Waals surface area contributed by atoms with Crippen molar-refractivity contribution in [2.45, 2.75) is 66.5 Å². The lowest BCUT2D eigenvalue weighted by Crippen LogP contribution is -2.51. The first kappa shape index (κ1) is 19.4. The number of amides is 2. The Morgan fingerprint density at radius 1 is 1.05 bits per heavy atom. The Bertz CT molecular complexity index is 412. The molecule has 2 amide bonds. The molecule has 0 heterocycles. The summed E-state index contributed by atoms with van der Waals surface area (Å²) in [6, 6.07) is -0.707. The van der Waals surface area contributed by atoms with Crippen LogP contribution in [0.2, 0.25) is 0 Å². The van der Waals surface area contributed by atoms with E-state index in [1.54, 1.807) is 27.7 Å². The molecule has 0 saturated heterocycles. The third-order valence-corrected chi connectivity index (χ3v) is 3.56. The highest BCUT2D eigenvalue weighted by atomic mass is 16.4. The average Bonchev–Trinajstić information content (AvgIpc) is 2.25. The highest BCUT2D eigenvalue weighted by Crippen LogP contribution is 2.31. The van der Waals surface area contributed by atoms with Crippen LogP contribution in [-0.4, -0.2) is 34.5 Å². The number of hydrogen-bond acceptors (Lipinski definition) is 3. The van der Waals surface area contributed by atoms with Gasteiger partial charge in [-0.1, -0.05) is 13.8 Å². The predicted octanol–water partition coefficient (Wildman–Crippen LogP) is 1.54. The molecular weight excluding hydrogens is 272 g/mol. The van der Waals surface area contributed by atoms with E-state index in [4.69, 9.17) is 0 Å². The maximum atomic E-state index is 12.0. The van der Waals surface area contributed by atoms with Gasteiger partial charge in [-0.3, -0.25) is 14.4 Å². The third-order valence-electron chi connectivity index (χ3n) is 3.56. The van der Waals surface area contributed by atoms with E-state index in [-0.39, 0.29) is 23.8 Å². The van der Waals surface area contributed by atoms with Gasteiger partial charge in [-0.25, -0.2) is 0 Å². The van der Waals surface area contributed by atoms with Gasteiger partial charge >= 0.3 is 5.97 Å². The molecule has 21 heavy (non-hydrogen) atoms. The van der Waals surface area contributed by atoms with Crippen LogP contribution in [0.3, 0.4) is 0 Å². The molecule has 0 radical (unpaired) electrons. The first-order chi connectivity index (χ1) is 9.29. The maximum absolute atomic E-state index is 12.0. The molecule has 0 fully saturated rings. The number of carboxylic acids is 1. The molecular formula is C15H28N2O4. The Morgan fingerprint density at radius 2 is 1.52 bits per heavy atom. The number of carbonyl (C=O) groups is 3. The number of carbonyl (C=O) groups excluding carboxylic acids is 2. The van der Waals surface area contributed by atoms with Crippen molar-refractivity contribution in [3.05, 3.63) is 0 Å². The minimum Gasteiger partial charge on any atom is -0.481 e. The molecule has 2 unspecified atom stereocenters. The van der Waals surface area contributed by atoms with Gasteiger partial charge in [0.1, 0.15) is 6.04 Å². The highest BCUT2D eigenvalue weighted by Gasteiger charge is 2.39. The van der Waals surface area contributed by atoms with Crippen LogP contribution in [0.15, 0.2) is 0 Å². The predicted molar refractivity (Wildman–Crippen MR) is 80.7 cm³/mol. The molecule has 0 spiro atoms. The van der Waals surface area contributed by atoms with Crippen molar-refractivity contribution in [2.75, 3.05) is 0 Å². The molecule has 6 heteroatoms. The van der Waals surface area contributed by atoms with Gasteiger partial charge in [0, 0.05) is 12.0 Å². The van der Waals surface area contributed by atoms with Gasteiger partial charge in [-0.15, -0.1) is 0 Å². The number of aliphatic carboxylic acids is 1. The van der Waals surface area contributed by atoms with Crippen LogP contribution in [-0.2, 0) is 14.4 Å². The second-order valence-electron chi connectivity index (χ2n) is 7.08. The Balaban J connectivity index is 4.70. The second kappa shape index (κ2) is 6.91. The minimum atomic E-state index is -1.15. The zero-order valence-corrected chi connectivity index (χ0v) is 14.0. The zero-order valence-electron chi connectivity index (χ0n) is 14.0. The maximum Gasteiger partial charge on any atom is 0.310 e. The van der Waals surface area contributed by atoms with Crippen LogP contribution in [0, 0.1) is 11.3 Å². The van der Waals surface area contributed by atoms with E-state index in [1.165, 1.54) is 0 Å². The standard InChI is InChI=1S/C15H28N2O4/c1-9(2)15(7,13(20)21)8-11(18)16-10(3)12(19)17-14(4,5)6/h9-10H,8H2,1-7H3,(H,16,18)(H,17,19)(H,20,21). The average molecular weight is 300 g/mol. The number of nitrogens with one attached hydrogen (secondary N) is 2. The van der Waals surface area contributed by atoms with Gasteiger partial charge in [0.25, 0.3) is 0 Å². The quantitative estimate of drug-likeness (QED) is 0.693. The van der Waals surface area contributed by atoms with Gasteiger partial charge < -0.3 is 15.7 Å². The fraction of sp³-hybridized carbons (Fsp3) is 0.800. The van der Waals surface area contributed by atoms with E-state index in [9.17, 15) is 19.5 Å². The van der Waals surface area contributed by atoms with Crippen molar-refractivity contribution in [2.24, 2.45) is 11.3 Å². The largest absolute Gasteiger partial charge is 0.481 e. The monoisotopic (exact) mass is 300 g/mol. The SMILES string of the molecule is CC(NC(=O)CC(C)(C(=O)O)C(C)C)C(=O)NC(C)(C)C.